The molecule has 1 aliphatic heterocycles. The second-order valence-electron chi connectivity index (χ2n) is 6.26. The molecular weight excluding hydrogens is 302 g/mol. The lowest BCUT2D eigenvalue weighted by Gasteiger charge is -2.26. The van der Waals surface area contributed by atoms with Crippen molar-refractivity contribution in [3.8, 4) is 0 Å². The van der Waals surface area contributed by atoms with Gasteiger partial charge in [0.25, 0.3) is 0 Å². The first-order chi connectivity index (χ1) is 11.7. The van der Waals surface area contributed by atoms with E-state index in [9.17, 15) is 4.79 Å². The quantitative estimate of drug-likeness (QED) is 0.854. The first kappa shape index (κ1) is 16.6. The Kier molecular flexibility index (Phi) is 5.54. The summed E-state index contributed by atoms with van der Waals surface area (Å²) >= 11 is 0. The molecule has 1 saturated heterocycles. The zero-order valence-corrected chi connectivity index (χ0v) is 14.1. The van der Waals surface area contributed by atoms with E-state index in [1.165, 1.54) is 12.8 Å². The van der Waals surface area contributed by atoms with Crippen LogP contribution in [0.2, 0.25) is 0 Å². The molecule has 2 atom stereocenters. The van der Waals surface area contributed by atoms with Gasteiger partial charge in [0.2, 0.25) is 0 Å². The normalized spacial score (nSPS) is 17.4. The van der Waals surface area contributed by atoms with Gasteiger partial charge in [0.1, 0.15) is 5.76 Å². The summed E-state index contributed by atoms with van der Waals surface area (Å²) in [5.74, 6) is 0.910. The number of hydrogen-bond acceptors (Lipinski definition) is 3. The number of benzene rings is 1. The van der Waals surface area contributed by atoms with E-state index in [-0.39, 0.29) is 18.1 Å². The van der Waals surface area contributed by atoms with Gasteiger partial charge in [0.15, 0.2) is 0 Å². The fourth-order valence-corrected chi connectivity index (χ4v) is 3.21. The van der Waals surface area contributed by atoms with Crippen molar-refractivity contribution in [2.24, 2.45) is 0 Å². The SMILES string of the molecule is CC(NC(=O)NCC(c1ccco1)N1CCCC1)c1ccccc1. The number of carbonyl (C=O) groups excluding carboxylic acids is 1. The molecular formula is C19H25N3O2. The van der Waals surface area contributed by atoms with E-state index in [0.717, 1.165) is 24.4 Å². The highest BCUT2D eigenvalue weighted by Gasteiger charge is 2.26. The first-order valence-corrected chi connectivity index (χ1v) is 8.61. The Morgan fingerprint density at radius 3 is 2.58 bits per heavy atom. The molecule has 24 heavy (non-hydrogen) atoms. The number of urea groups is 1. The van der Waals surface area contributed by atoms with Gasteiger partial charge in [-0.05, 0) is 50.6 Å². The number of rotatable bonds is 6. The summed E-state index contributed by atoms with van der Waals surface area (Å²) < 4.78 is 5.58. The van der Waals surface area contributed by atoms with Crippen LogP contribution >= 0.6 is 0 Å². The second kappa shape index (κ2) is 8.02. The third-order valence-corrected chi connectivity index (χ3v) is 4.56. The fourth-order valence-electron chi connectivity index (χ4n) is 3.21. The molecule has 5 heteroatoms. The molecule has 2 aromatic rings. The van der Waals surface area contributed by atoms with Crippen LogP contribution in [-0.2, 0) is 0 Å². The van der Waals surface area contributed by atoms with Crippen molar-refractivity contribution in [3.63, 3.8) is 0 Å². The van der Waals surface area contributed by atoms with Gasteiger partial charge in [0, 0.05) is 6.54 Å². The number of amides is 2. The minimum absolute atomic E-state index is 0.0277. The van der Waals surface area contributed by atoms with Crippen LogP contribution in [0.1, 0.15) is 43.2 Å². The fraction of sp³-hybridized carbons (Fsp3) is 0.421. The van der Waals surface area contributed by atoms with E-state index < -0.39 is 0 Å². The van der Waals surface area contributed by atoms with Gasteiger partial charge in [-0.1, -0.05) is 30.3 Å². The first-order valence-electron chi connectivity index (χ1n) is 8.61. The second-order valence-corrected chi connectivity index (χ2v) is 6.26. The van der Waals surface area contributed by atoms with Crippen molar-refractivity contribution < 1.29 is 9.21 Å². The average molecular weight is 327 g/mol. The number of likely N-dealkylation sites (tertiary alicyclic amines) is 1. The lowest BCUT2D eigenvalue weighted by Crippen LogP contribution is -2.42. The van der Waals surface area contributed by atoms with Crippen molar-refractivity contribution in [1.82, 2.24) is 15.5 Å². The number of nitrogens with zero attached hydrogens (tertiary/aromatic N) is 1. The zero-order valence-electron chi connectivity index (χ0n) is 14.1. The lowest BCUT2D eigenvalue weighted by molar-refractivity contribution is 0.202. The molecule has 0 saturated carbocycles. The minimum atomic E-state index is -0.151. The predicted molar refractivity (Wildman–Crippen MR) is 93.6 cm³/mol. The Hall–Kier alpha value is -2.27. The van der Waals surface area contributed by atoms with E-state index in [0.29, 0.717) is 6.54 Å². The van der Waals surface area contributed by atoms with Gasteiger partial charge >= 0.3 is 6.03 Å². The van der Waals surface area contributed by atoms with Crippen LogP contribution in [0.4, 0.5) is 4.79 Å². The Morgan fingerprint density at radius 2 is 1.92 bits per heavy atom. The van der Waals surface area contributed by atoms with Crippen LogP contribution < -0.4 is 10.6 Å². The molecule has 2 amide bonds. The van der Waals surface area contributed by atoms with Crippen molar-refractivity contribution in [3.05, 3.63) is 60.1 Å². The molecule has 2 unspecified atom stereocenters. The summed E-state index contributed by atoms with van der Waals surface area (Å²) in [7, 11) is 0. The highest BCUT2D eigenvalue weighted by Crippen LogP contribution is 2.24. The molecule has 0 bridgehead atoms. The predicted octanol–water partition coefficient (Wildman–Crippen LogP) is 3.48. The van der Waals surface area contributed by atoms with Crippen LogP contribution in [0.3, 0.4) is 0 Å². The molecule has 3 rings (SSSR count). The molecule has 2 N–H and O–H groups in total. The molecule has 0 spiro atoms. The summed E-state index contributed by atoms with van der Waals surface area (Å²) in [5, 5.41) is 5.99. The highest BCUT2D eigenvalue weighted by molar-refractivity contribution is 5.74. The van der Waals surface area contributed by atoms with Crippen LogP contribution in [0.25, 0.3) is 0 Å². The molecule has 1 aliphatic rings. The number of nitrogens with one attached hydrogen (secondary N) is 2. The Labute approximate surface area is 143 Å². The minimum Gasteiger partial charge on any atom is -0.468 e. The monoisotopic (exact) mass is 327 g/mol. The lowest BCUT2D eigenvalue weighted by atomic mass is 10.1. The third-order valence-electron chi connectivity index (χ3n) is 4.56. The standard InChI is InChI=1S/C19H25N3O2/c1-15(16-8-3-2-4-9-16)21-19(23)20-14-17(18-10-7-13-24-18)22-11-5-6-12-22/h2-4,7-10,13,15,17H,5-6,11-12,14H2,1H3,(H2,20,21,23). The van der Waals surface area contributed by atoms with E-state index in [1.807, 2.05) is 49.4 Å². The third kappa shape index (κ3) is 4.17. The molecule has 1 aromatic carbocycles. The van der Waals surface area contributed by atoms with E-state index in [4.69, 9.17) is 4.42 Å². The molecule has 1 fully saturated rings. The summed E-state index contributed by atoms with van der Waals surface area (Å²) in [5.41, 5.74) is 1.09. The van der Waals surface area contributed by atoms with Crippen LogP contribution in [0.15, 0.2) is 53.1 Å². The zero-order chi connectivity index (χ0) is 16.8. The van der Waals surface area contributed by atoms with Crippen molar-refractivity contribution in [1.29, 1.82) is 0 Å². The van der Waals surface area contributed by atoms with Crippen LogP contribution in [0.5, 0.6) is 0 Å². The Bertz CT molecular complexity index is 621. The van der Waals surface area contributed by atoms with E-state index in [2.05, 4.69) is 15.5 Å². The topological polar surface area (TPSA) is 57.5 Å². The van der Waals surface area contributed by atoms with Crippen molar-refractivity contribution >= 4 is 6.03 Å². The maximum absolute atomic E-state index is 12.2. The molecule has 0 aliphatic carbocycles. The smallest absolute Gasteiger partial charge is 0.315 e. The molecule has 128 valence electrons. The maximum Gasteiger partial charge on any atom is 0.315 e. The largest absolute Gasteiger partial charge is 0.468 e. The van der Waals surface area contributed by atoms with Gasteiger partial charge in [-0.15, -0.1) is 0 Å². The van der Waals surface area contributed by atoms with Crippen LogP contribution in [0, 0.1) is 0 Å². The van der Waals surface area contributed by atoms with Crippen molar-refractivity contribution in [2.45, 2.75) is 31.8 Å². The molecule has 2 heterocycles. The summed E-state index contributed by atoms with van der Waals surface area (Å²) in [6.07, 6.45) is 4.10. The highest BCUT2D eigenvalue weighted by atomic mass is 16.3. The Balaban J connectivity index is 1.55. The number of furan rings is 1. The number of hydrogen-bond donors (Lipinski definition) is 2. The summed E-state index contributed by atoms with van der Waals surface area (Å²) in [6.45, 7) is 4.63. The summed E-state index contributed by atoms with van der Waals surface area (Å²) in [6, 6.07) is 13.8. The van der Waals surface area contributed by atoms with E-state index in [1.54, 1.807) is 6.26 Å². The molecule has 0 radical (unpaired) electrons. The number of carbonyl (C=O) groups is 1. The van der Waals surface area contributed by atoms with Gasteiger partial charge in [0.05, 0.1) is 18.3 Å². The van der Waals surface area contributed by atoms with Crippen LogP contribution in [-0.4, -0.2) is 30.6 Å². The van der Waals surface area contributed by atoms with E-state index >= 15 is 0 Å². The average Bonchev–Trinajstić information content (AvgIpc) is 3.30. The Morgan fingerprint density at radius 1 is 1.17 bits per heavy atom. The van der Waals surface area contributed by atoms with Crippen molar-refractivity contribution in [2.75, 3.05) is 19.6 Å². The van der Waals surface area contributed by atoms with Gasteiger partial charge in [-0.2, -0.15) is 0 Å². The maximum atomic E-state index is 12.2. The van der Waals surface area contributed by atoms with Gasteiger partial charge in [-0.3, -0.25) is 4.90 Å². The van der Waals surface area contributed by atoms with Gasteiger partial charge < -0.3 is 15.1 Å². The van der Waals surface area contributed by atoms with Gasteiger partial charge in [-0.25, -0.2) is 4.79 Å². The summed E-state index contributed by atoms with van der Waals surface area (Å²) in [4.78, 5) is 14.6. The molecule has 5 nitrogen and oxygen atoms in total. The molecule has 1 aromatic heterocycles.